The van der Waals surface area contributed by atoms with Crippen molar-refractivity contribution in [3.05, 3.63) is 119 Å². The van der Waals surface area contributed by atoms with E-state index in [1.54, 1.807) is 23.2 Å². The van der Waals surface area contributed by atoms with Crippen molar-refractivity contribution in [2.45, 2.75) is 25.8 Å². The van der Waals surface area contributed by atoms with Gasteiger partial charge >= 0.3 is 0 Å². The molecule has 6 rings (SSSR count). The van der Waals surface area contributed by atoms with E-state index in [1.807, 2.05) is 67.7 Å². The Labute approximate surface area is 221 Å². The van der Waals surface area contributed by atoms with Crippen LogP contribution in [-0.4, -0.2) is 25.1 Å². The Morgan fingerprint density at radius 3 is 2.39 bits per heavy atom. The average molecular weight is 501 g/mol. The summed E-state index contributed by atoms with van der Waals surface area (Å²) in [5.74, 6) is -0.288. The van der Waals surface area contributed by atoms with Crippen LogP contribution in [0.2, 0.25) is 0 Å². The molecule has 0 unspecified atom stereocenters. The minimum absolute atomic E-state index is 0.00116. The van der Waals surface area contributed by atoms with Gasteiger partial charge in [-0.3, -0.25) is 9.59 Å². The van der Waals surface area contributed by atoms with E-state index >= 15 is 0 Å². The molecule has 2 aliphatic rings. The molecule has 0 saturated carbocycles. The number of amides is 2. The zero-order valence-electron chi connectivity index (χ0n) is 21.6. The minimum atomic E-state index is -0.289. The maximum absolute atomic E-state index is 13.1. The van der Waals surface area contributed by atoms with Crippen LogP contribution in [0.3, 0.4) is 0 Å². The number of hydrogen-bond acceptors (Lipinski definition) is 4. The monoisotopic (exact) mass is 500 g/mol. The standard InChI is InChI=1S/C32H28N4O2/c1-32(2)25-11-4-5-12-26(25)35(3)28(32)18-19-33-34-30(37)23-16-14-21(15-17-23)20-36-27-13-7-9-22-8-6-10-24(29(22)27)31(36)38/h4-19H,20H2,1-3H3,(H,34,37)/b28-18-,33-19-. The molecular weight excluding hydrogens is 472 g/mol. The van der Waals surface area contributed by atoms with Crippen LogP contribution in [-0.2, 0) is 12.0 Å². The molecule has 0 atom stereocenters. The molecule has 0 spiro atoms. The number of rotatable bonds is 5. The maximum Gasteiger partial charge on any atom is 0.271 e. The van der Waals surface area contributed by atoms with Crippen LogP contribution in [0.1, 0.15) is 45.7 Å². The summed E-state index contributed by atoms with van der Waals surface area (Å²) in [5, 5.41) is 6.22. The van der Waals surface area contributed by atoms with E-state index in [0.29, 0.717) is 12.1 Å². The van der Waals surface area contributed by atoms with E-state index in [1.165, 1.54) is 11.3 Å². The predicted octanol–water partition coefficient (Wildman–Crippen LogP) is 6.03. The van der Waals surface area contributed by atoms with Crippen LogP contribution in [0.4, 0.5) is 11.4 Å². The summed E-state index contributed by atoms with van der Waals surface area (Å²) in [6.45, 7) is 4.81. The van der Waals surface area contributed by atoms with Crippen molar-refractivity contribution < 1.29 is 9.59 Å². The molecule has 4 aromatic rings. The first-order valence-corrected chi connectivity index (χ1v) is 12.7. The second-order valence-electron chi connectivity index (χ2n) is 10.2. The van der Waals surface area contributed by atoms with Gasteiger partial charge in [0, 0.05) is 46.6 Å². The van der Waals surface area contributed by atoms with Crippen molar-refractivity contribution >= 4 is 40.2 Å². The van der Waals surface area contributed by atoms with Crippen molar-refractivity contribution in [3.8, 4) is 0 Å². The zero-order valence-corrected chi connectivity index (χ0v) is 21.6. The molecule has 0 aliphatic carbocycles. The fourth-order valence-electron chi connectivity index (χ4n) is 5.65. The van der Waals surface area contributed by atoms with Crippen molar-refractivity contribution in [3.63, 3.8) is 0 Å². The Balaban J connectivity index is 1.12. The molecule has 0 aromatic heterocycles. The van der Waals surface area contributed by atoms with Gasteiger partial charge in [0.2, 0.25) is 0 Å². The van der Waals surface area contributed by atoms with Gasteiger partial charge in [-0.1, -0.05) is 68.4 Å². The van der Waals surface area contributed by atoms with Gasteiger partial charge in [-0.15, -0.1) is 0 Å². The molecule has 0 radical (unpaired) electrons. The Bertz CT molecular complexity index is 1640. The predicted molar refractivity (Wildman–Crippen MR) is 153 cm³/mol. The molecule has 38 heavy (non-hydrogen) atoms. The molecule has 2 amide bonds. The Hall–Kier alpha value is -4.71. The van der Waals surface area contributed by atoms with Gasteiger partial charge in [0.05, 0.1) is 12.2 Å². The van der Waals surface area contributed by atoms with E-state index in [-0.39, 0.29) is 17.2 Å². The third-order valence-electron chi connectivity index (χ3n) is 7.62. The van der Waals surface area contributed by atoms with Gasteiger partial charge in [-0.05, 0) is 52.9 Å². The molecule has 4 aromatic carbocycles. The lowest BCUT2D eigenvalue weighted by Crippen LogP contribution is -2.26. The quantitative estimate of drug-likeness (QED) is 0.269. The zero-order chi connectivity index (χ0) is 26.4. The highest BCUT2D eigenvalue weighted by Crippen LogP contribution is 2.46. The second kappa shape index (κ2) is 8.99. The molecule has 6 heteroatoms. The number of hydrogen-bond donors (Lipinski definition) is 1. The van der Waals surface area contributed by atoms with E-state index in [2.05, 4.69) is 47.5 Å². The Morgan fingerprint density at radius 2 is 1.63 bits per heavy atom. The maximum atomic E-state index is 13.1. The number of hydrazone groups is 1. The minimum Gasteiger partial charge on any atom is -0.347 e. The summed E-state index contributed by atoms with van der Waals surface area (Å²) in [6.07, 6.45) is 3.57. The number of nitrogens with one attached hydrogen (secondary N) is 1. The highest BCUT2D eigenvalue weighted by atomic mass is 16.2. The van der Waals surface area contributed by atoms with Crippen LogP contribution < -0.4 is 15.2 Å². The van der Waals surface area contributed by atoms with Crippen molar-refractivity contribution in [2.24, 2.45) is 5.10 Å². The van der Waals surface area contributed by atoms with Gasteiger partial charge in [0.1, 0.15) is 0 Å². The van der Waals surface area contributed by atoms with E-state index in [4.69, 9.17) is 0 Å². The lowest BCUT2D eigenvalue weighted by molar-refractivity contribution is 0.0953. The number of carbonyl (C=O) groups excluding carboxylic acids is 2. The van der Waals surface area contributed by atoms with Gasteiger partial charge in [0.25, 0.3) is 11.8 Å². The smallest absolute Gasteiger partial charge is 0.271 e. The SMILES string of the molecule is CN1/C(=C\C=N/NC(=O)c2ccc(CN3C(=O)c4cccc5cccc3c45)cc2)C(C)(C)c2ccccc21. The number of para-hydroxylation sites is 1. The van der Waals surface area contributed by atoms with Crippen molar-refractivity contribution in [2.75, 3.05) is 16.8 Å². The molecule has 1 N–H and O–H groups in total. The molecule has 2 aliphatic heterocycles. The van der Waals surface area contributed by atoms with Gasteiger partial charge in [0.15, 0.2) is 0 Å². The third-order valence-corrected chi connectivity index (χ3v) is 7.62. The fourth-order valence-corrected chi connectivity index (χ4v) is 5.65. The summed E-state index contributed by atoms with van der Waals surface area (Å²) >= 11 is 0. The molecule has 188 valence electrons. The molecule has 2 heterocycles. The highest BCUT2D eigenvalue weighted by molar-refractivity contribution is 6.24. The van der Waals surface area contributed by atoms with Crippen molar-refractivity contribution in [1.29, 1.82) is 0 Å². The van der Waals surface area contributed by atoms with Gasteiger partial charge in [-0.25, -0.2) is 5.43 Å². The third kappa shape index (κ3) is 3.77. The molecular formula is C32H28N4O2. The lowest BCUT2D eigenvalue weighted by atomic mass is 9.84. The van der Waals surface area contributed by atoms with Crippen LogP contribution in [0, 0.1) is 0 Å². The summed E-state index contributed by atoms with van der Waals surface area (Å²) < 4.78 is 0. The number of nitrogens with zero attached hydrogens (tertiary/aromatic N) is 3. The number of likely N-dealkylation sites (N-methyl/N-ethyl adjacent to an activating group) is 1. The summed E-state index contributed by atoms with van der Waals surface area (Å²) in [5.41, 5.74) is 9.12. The first-order valence-electron chi connectivity index (χ1n) is 12.7. The molecule has 0 saturated heterocycles. The van der Waals surface area contributed by atoms with E-state index in [0.717, 1.165) is 33.3 Å². The number of fused-ring (bicyclic) bond motifs is 1. The van der Waals surface area contributed by atoms with E-state index in [9.17, 15) is 9.59 Å². The fraction of sp³-hybridized carbons (Fsp3) is 0.156. The summed E-state index contributed by atoms with van der Waals surface area (Å²) in [4.78, 5) is 29.7. The number of benzene rings is 4. The molecule has 0 bridgehead atoms. The number of carbonyl (C=O) groups is 2. The second-order valence-corrected chi connectivity index (χ2v) is 10.2. The topological polar surface area (TPSA) is 65.0 Å². The van der Waals surface area contributed by atoms with Crippen LogP contribution in [0.15, 0.2) is 102 Å². The Morgan fingerprint density at radius 1 is 0.921 bits per heavy atom. The Kier molecular flexibility index (Phi) is 5.60. The number of allylic oxidation sites excluding steroid dienone is 2. The molecule has 6 nitrogen and oxygen atoms in total. The average Bonchev–Trinajstić information content (AvgIpc) is 3.31. The summed E-state index contributed by atoms with van der Waals surface area (Å²) in [7, 11) is 2.04. The lowest BCUT2D eigenvalue weighted by Gasteiger charge is -2.23. The number of anilines is 2. The van der Waals surface area contributed by atoms with Crippen LogP contribution in [0.5, 0.6) is 0 Å². The van der Waals surface area contributed by atoms with E-state index < -0.39 is 0 Å². The van der Waals surface area contributed by atoms with Crippen LogP contribution >= 0.6 is 0 Å². The van der Waals surface area contributed by atoms with Crippen LogP contribution in [0.25, 0.3) is 10.8 Å². The normalized spacial score (nSPS) is 16.6. The van der Waals surface area contributed by atoms with Gasteiger partial charge in [-0.2, -0.15) is 5.10 Å². The van der Waals surface area contributed by atoms with Crippen molar-refractivity contribution in [1.82, 2.24) is 5.43 Å². The highest BCUT2D eigenvalue weighted by Gasteiger charge is 2.37. The van der Waals surface area contributed by atoms with Gasteiger partial charge < -0.3 is 9.80 Å². The first kappa shape index (κ1) is 23.7. The largest absolute Gasteiger partial charge is 0.347 e. The first-order chi connectivity index (χ1) is 18.4. The molecule has 0 fully saturated rings. The summed E-state index contributed by atoms with van der Waals surface area (Å²) in [6, 6.07) is 27.4.